The monoisotopic (exact) mass is 522 g/mol. The average molecular weight is 523 g/mol. The van der Waals surface area contributed by atoms with E-state index in [-0.39, 0.29) is 37.2 Å². The second-order valence-corrected chi connectivity index (χ2v) is 10.8. The predicted octanol–water partition coefficient (Wildman–Crippen LogP) is 4.11. The third-order valence-corrected chi connectivity index (χ3v) is 6.47. The minimum Gasteiger partial charge on any atom is -0.465 e. The second kappa shape index (κ2) is 12.2. The van der Waals surface area contributed by atoms with Gasteiger partial charge in [-0.15, -0.1) is 0 Å². The van der Waals surface area contributed by atoms with E-state index in [9.17, 15) is 19.2 Å². The summed E-state index contributed by atoms with van der Waals surface area (Å²) in [4.78, 5) is 49.6. The van der Waals surface area contributed by atoms with E-state index in [1.807, 2.05) is 24.3 Å². The lowest BCUT2D eigenvalue weighted by atomic mass is 9.98. The minimum absolute atomic E-state index is 0.0190. The Kier molecular flexibility index (Phi) is 9.31. The summed E-state index contributed by atoms with van der Waals surface area (Å²) >= 11 is 0. The molecule has 3 unspecified atom stereocenters. The van der Waals surface area contributed by atoms with Crippen molar-refractivity contribution >= 4 is 23.8 Å². The van der Waals surface area contributed by atoms with Crippen LogP contribution in [0.4, 0.5) is 0 Å². The van der Waals surface area contributed by atoms with Crippen LogP contribution in [-0.4, -0.2) is 48.0 Å². The zero-order valence-corrected chi connectivity index (χ0v) is 23.0. The molecule has 3 rings (SSSR count). The van der Waals surface area contributed by atoms with Crippen molar-refractivity contribution in [2.75, 3.05) is 6.61 Å². The molecule has 1 aliphatic carbocycles. The first-order valence-corrected chi connectivity index (χ1v) is 13.0. The van der Waals surface area contributed by atoms with E-state index in [2.05, 4.69) is 34.9 Å². The summed E-state index contributed by atoms with van der Waals surface area (Å²) in [6.07, 6.45) is 0.367. The van der Waals surface area contributed by atoms with Crippen LogP contribution in [0.5, 0.6) is 0 Å². The van der Waals surface area contributed by atoms with Gasteiger partial charge in [0.1, 0.15) is 24.3 Å². The lowest BCUT2D eigenvalue weighted by molar-refractivity contribution is -0.158. The first-order chi connectivity index (χ1) is 17.9. The van der Waals surface area contributed by atoms with E-state index >= 15 is 0 Å². The summed E-state index contributed by atoms with van der Waals surface area (Å²) in [7, 11) is 0. The van der Waals surface area contributed by atoms with Gasteiger partial charge in [0.2, 0.25) is 11.8 Å². The summed E-state index contributed by atoms with van der Waals surface area (Å²) in [6.45, 7) is 10.2. The molecule has 2 aromatic rings. The van der Waals surface area contributed by atoms with Crippen molar-refractivity contribution in [2.45, 2.75) is 78.0 Å². The number of fused-ring (bicyclic) bond motifs is 3. The highest BCUT2D eigenvalue weighted by Crippen LogP contribution is 2.44. The fourth-order valence-corrected chi connectivity index (χ4v) is 4.36. The topological polar surface area (TPSA) is 111 Å². The van der Waals surface area contributed by atoms with E-state index in [0.717, 1.165) is 22.3 Å². The number of nitrogens with one attached hydrogen (secondary N) is 2. The Hall–Kier alpha value is -3.68. The summed E-state index contributed by atoms with van der Waals surface area (Å²) in [6, 6.07) is 14.5. The number of esters is 2. The number of amides is 2. The Balaban J connectivity index is 1.43. The van der Waals surface area contributed by atoms with Crippen LogP contribution in [0.2, 0.25) is 0 Å². The molecule has 0 fully saturated rings. The standard InChI is InChI=1S/C30H38N2O6/c1-18(27(34)31-19(2)28(35)32-20(3)29(36)38-30(4,5)6)15-16-26(33)37-17-25-23-13-9-7-11-21(23)22-12-8-10-14-24(22)25/h7-14,18-20,25H,15-17H2,1-6H3,(H,31,34)(H,32,35). The molecule has 8 heteroatoms. The third kappa shape index (κ3) is 7.43. The highest BCUT2D eigenvalue weighted by molar-refractivity contribution is 5.91. The number of hydrogen-bond donors (Lipinski definition) is 2. The number of carbonyl (C=O) groups excluding carboxylic acids is 4. The largest absolute Gasteiger partial charge is 0.465 e. The van der Waals surface area contributed by atoms with Crippen molar-refractivity contribution in [3.8, 4) is 11.1 Å². The molecule has 0 heterocycles. The van der Waals surface area contributed by atoms with Crippen LogP contribution in [0.25, 0.3) is 11.1 Å². The van der Waals surface area contributed by atoms with Gasteiger partial charge < -0.3 is 20.1 Å². The number of hydrogen-bond acceptors (Lipinski definition) is 6. The maximum Gasteiger partial charge on any atom is 0.328 e. The van der Waals surface area contributed by atoms with Gasteiger partial charge >= 0.3 is 11.9 Å². The molecule has 0 aromatic heterocycles. The van der Waals surface area contributed by atoms with Crippen molar-refractivity contribution in [2.24, 2.45) is 5.92 Å². The SMILES string of the molecule is CC(CCC(=O)OCC1c2ccccc2-c2ccccc21)C(=O)NC(C)C(=O)NC(C)C(=O)OC(C)(C)C. The van der Waals surface area contributed by atoms with Crippen LogP contribution >= 0.6 is 0 Å². The molecule has 0 saturated carbocycles. The zero-order chi connectivity index (χ0) is 28.0. The predicted molar refractivity (Wildman–Crippen MR) is 144 cm³/mol. The van der Waals surface area contributed by atoms with Gasteiger partial charge in [-0.3, -0.25) is 14.4 Å². The molecule has 1 aliphatic rings. The highest BCUT2D eigenvalue weighted by atomic mass is 16.6. The molecule has 0 aliphatic heterocycles. The van der Waals surface area contributed by atoms with Crippen LogP contribution in [-0.2, 0) is 28.7 Å². The Bertz CT molecular complexity index is 1140. The van der Waals surface area contributed by atoms with Gasteiger partial charge in [0, 0.05) is 18.3 Å². The maximum absolute atomic E-state index is 12.6. The van der Waals surface area contributed by atoms with Gasteiger partial charge in [0.15, 0.2) is 0 Å². The van der Waals surface area contributed by atoms with Gasteiger partial charge in [-0.2, -0.15) is 0 Å². The molecular formula is C30H38N2O6. The highest BCUT2D eigenvalue weighted by Gasteiger charge is 2.29. The summed E-state index contributed by atoms with van der Waals surface area (Å²) in [5.74, 6) is -2.31. The van der Waals surface area contributed by atoms with E-state index < -0.39 is 35.5 Å². The molecule has 2 N–H and O–H groups in total. The van der Waals surface area contributed by atoms with Crippen LogP contribution < -0.4 is 10.6 Å². The van der Waals surface area contributed by atoms with Crippen molar-refractivity contribution in [3.05, 3.63) is 59.7 Å². The smallest absolute Gasteiger partial charge is 0.328 e. The van der Waals surface area contributed by atoms with Crippen molar-refractivity contribution in [1.82, 2.24) is 10.6 Å². The molecule has 0 spiro atoms. The van der Waals surface area contributed by atoms with Crippen molar-refractivity contribution in [3.63, 3.8) is 0 Å². The summed E-state index contributed by atoms with van der Waals surface area (Å²) in [5.41, 5.74) is 3.93. The number of carbonyl (C=O) groups is 4. The molecule has 2 amide bonds. The van der Waals surface area contributed by atoms with Crippen LogP contribution in [0.1, 0.15) is 71.4 Å². The van der Waals surface area contributed by atoms with E-state index in [1.165, 1.54) is 13.8 Å². The van der Waals surface area contributed by atoms with Crippen LogP contribution in [0, 0.1) is 5.92 Å². The molecule has 38 heavy (non-hydrogen) atoms. The fourth-order valence-electron chi connectivity index (χ4n) is 4.36. The van der Waals surface area contributed by atoms with Gasteiger partial charge in [-0.25, -0.2) is 4.79 Å². The Labute approximate surface area is 224 Å². The Morgan fingerprint density at radius 3 is 1.89 bits per heavy atom. The first kappa shape index (κ1) is 28.9. The molecule has 2 aromatic carbocycles. The van der Waals surface area contributed by atoms with E-state index in [0.29, 0.717) is 0 Å². The van der Waals surface area contributed by atoms with Gasteiger partial charge in [-0.05, 0) is 63.3 Å². The number of benzene rings is 2. The molecule has 3 atom stereocenters. The normalized spacial score (nSPS) is 14.9. The quantitative estimate of drug-likeness (QED) is 0.455. The lowest BCUT2D eigenvalue weighted by Crippen LogP contribution is -2.51. The molecule has 204 valence electrons. The summed E-state index contributed by atoms with van der Waals surface area (Å²) in [5, 5.41) is 5.19. The molecule has 8 nitrogen and oxygen atoms in total. The lowest BCUT2D eigenvalue weighted by Gasteiger charge is -2.24. The van der Waals surface area contributed by atoms with Crippen LogP contribution in [0.15, 0.2) is 48.5 Å². The number of rotatable bonds is 10. The first-order valence-electron chi connectivity index (χ1n) is 13.0. The third-order valence-electron chi connectivity index (χ3n) is 6.47. The van der Waals surface area contributed by atoms with E-state index in [4.69, 9.17) is 9.47 Å². The Morgan fingerprint density at radius 1 is 0.816 bits per heavy atom. The molecular weight excluding hydrogens is 484 g/mol. The number of ether oxygens (including phenoxy) is 2. The Morgan fingerprint density at radius 2 is 1.34 bits per heavy atom. The summed E-state index contributed by atoms with van der Waals surface area (Å²) < 4.78 is 10.9. The van der Waals surface area contributed by atoms with Crippen molar-refractivity contribution < 1.29 is 28.7 Å². The van der Waals surface area contributed by atoms with Gasteiger partial charge in [-0.1, -0.05) is 55.5 Å². The van der Waals surface area contributed by atoms with Crippen LogP contribution in [0.3, 0.4) is 0 Å². The molecule has 0 radical (unpaired) electrons. The second-order valence-electron chi connectivity index (χ2n) is 10.8. The minimum atomic E-state index is -0.857. The average Bonchev–Trinajstić information content (AvgIpc) is 3.18. The van der Waals surface area contributed by atoms with Gasteiger partial charge in [0.05, 0.1) is 0 Å². The fraction of sp³-hybridized carbons (Fsp3) is 0.467. The van der Waals surface area contributed by atoms with Crippen molar-refractivity contribution in [1.29, 1.82) is 0 Å². The van der Waals surface area contributed by atoms with Gasteiger partial charge in [0.25, 0.3) is 0 Å². The zero-order valence-electron chi connectivity index (χ0n) is 23.0. The molecule has 0 saturated heterocycles. The molecule has 0 bridgehead atoms. The maximum atomic E-state index is 12.6. The van der Waals surface area contributed by atoms with E-state index in [1.54, 1.807) is 27.7 Å².